The number of nitrogens with zero attached hydrogens (tertiary/aromatic N) is 1. The van der Waals surface area contributed by atoms with E-state index in [1.807, 2.05) is 42.6 Å². The Balaban J connectivity index is 2.18. The number of hydrogen-bond donors (Lipinski definition) is 3. The van der Waals surface area contributed by atoms with E-state index in [1.165, 1.54) is 12.1 Å². The largest absolute Gasteiger partial charge is 0.481 e. The number of aliphatic carboxylic acids is 1. The number of fused-ring (bicyclic) bond motifs is 1. The van der Waals surface area contributed by atoms with Gasteiger partial charge in [0.05, 0.1) is 29.8 Å². The molecule has 31 heavy (non-hydrogen) atoms. The van der Waals surface area contributed by atoms with Gasteiger partial charge >= 0.3 is 5.97 Å². The molecule has 2 aromatic heterocycles. The van der Waals surface area contributed by atoms with Gasteiger partial charge in [0.2, 0.25) is 0 Å². The number of carbonyl (C=O) groups is 1. The van der Waals surface area contributed by atoms with Gasteiger partial charge in [-0.2, -0.15) is 0 Å². The van der Waals surface area contributed by atoms with Gasteiger partial charge in [0, 0.05) is 17.5 Å². The van der Waals surface area contributed by atoms with E-state index in [4.69, 9.17) is 5.11 Å². The second kappa shape index (κ2) is 9.07. The molecule has 3 rings (SSSR count). The Hall–Kier alpha value is -2.91. The second-order valence-electron chi connectivity index (χ2n) is 7.63. The number of benzene rings is 1. The smallest absolute Gasteiger partial charge is 0.305 e. The van der Waals surface area contributed by atoms with Crippen molar-refractivity contribution in [3.05, 3.63) is 65.7 Å². The molecule has 3 aromatic rings. The van der Waals surface area contributed by atoms with E-state index in [9.17, 15) is 23.7 Å². The maximum atomic E-state index is 13.5. The van der Waals surface area contributed by atoms with Crippen LogP contribution < -0.4 is 0 Å². The molecule has 0 aliphatic rings. The quantitative estimate of drug-likeness (QED) is 0.390. The third-order valence-corrected chi connectivity index (χ3v) is 6.16. The number of aliphatic hydroxyl groups is 1. The van der Waals surface area contributed by atoms with Crippen LogP contribution in [0.4, 0.5) is 4.39 Å². The van der Waals surface area contributed by atoms with Gasteiger partial charge in [-0.3, -0.25) is 9.36 Å². The van der Waals surface area contributed by atoms with E-state index in [-0.39, 0.29) is 11.7 Å². The van der Waals surface area contributed by atoms with E-state index in [1.54, 1.807) is 12.1 Å². The van der Waals surface area contributed by atoms with Crippen LogP contribution in [0.2, 0.25) is 0 Å². The summed E-state index contributed by atoms with van der Waals surface area (Å²) in [6, 6.07) is 11.6. The van der Waals surface area contributed by atoms with Crippen molar-refractivity contribution >= 4 is 18.9 Å². The Morgan fingerprint density at radius 1 is 1.19 bits per heavy atom. The van der Waals surface area contributed by atoms with E-state index >= 15 is 0 Å². The summed E-state index contributed by atoms with van der Waals surface area (Å²) in [6.45, 7) is 3.95. The van der Waals surface area contributed by atoms with Gasteiger partial charge in [-0.05, 0) is 41.4 Å². The van der Waals surface area contributed by atoms with E-state index in [0.717, 1.165) is 11.2 Å². The zero-order valence-electron chi connectivity index (χ0n) is 17.1. The minimum absolute atomic E-state index is 0.0177. The lowest BCUT2D eigenvalue weighted by Crippen LogP contribution is -2.17. The molecule has 0 amide bonds. The molecule has 0 fully saturated rings. The highest BCUT2D eigenvalue weighted by Crippen LogP contribution is 2.42. The van der Waals surface area contributed by atoms with Crippen LogP contribution in [-0.4, -0.2) is 37.7 Å². The van der Waals surface area contributed by atoms with Crippen LogP contribution in [-0.2, 0) is 9.36 Å². The summed E-state index contributed by atoms with van der Waals surface area (Å²) in [5, 5.41) is 18.5. The minimum Gasteiger partial charge on any atom is -0.481 e. The zero-order chi connectivity index (χ0) is 22.8. The highest BCUT2D eigenvalue weighted by molar-refractivity contribution is 7.63. The molecular formula is C23H23FNO5P. The molecule has 0 aliphatic heterocycles. The Kier molecular flexibility index (Phi) is 6.66. The molecule has 2 unspecified atom stereocenters. The van der Waals surface area contributed by atoms with Crippen molar-refractivity contribution in [2.45, 2.75) is 32.3 Å². The Labute approximate surface area is 179 Å². The van der Waals surface area contributed by atoms with Crippen LogP contribution in [0.15, 0.2) is 48.7 Å². The normalized spacial score (nSPS) is 14.1. The first-order valence-electron chi connectivity index (χ1n) is 9.73. The van der Waals surface area contributed by atoms with Gasteiger partial charge in [-0.25, -0.2) is 4.39 Å². The molecule has 0 bridgehead atoms. The molecule has 0 aliphatic carbocycles. The number of rotatable bonds is 6. The summed E-state index contributed by atoms with van der Waals surface area (Å²) in [6.07, 6.45) is -0.877. The fourth-order valence-corrected chi connectivity index (χ4v) is 4.65. The van der Waals surface area contributed by atoms with Gasteiger partial charge in [-0.15, -0.1) is 0 Å². The summed E-state index contributed by atoms with van der Waals surface area (Å²) < 4.78 is 28.0. The Morgan fingerprint density at radius 3 is 2.48 bits per heavy atom. The van der Waals surface area contributed by atoms with Crippen LogP contribution in [0.3, 0.4) is 0 Å². The minimum atomic E-state index is -4.13. The highest BCUT2D eigenvalue weighted by Gasteiger charge is 2.24. The average molecular weight is 443 g/mol. The maximum Gasteiger partial charge on any atom is 0.305 e. The number of aliphatic hydroxyl groups excluding tert-OH is 1. The second-order valence-corrected chi connectivity index (χ2v) is 9.62. The number of carboxylic acid groups (broad SMARTS) is 1. The molecule has 8 heteroatoms. The molecule has 162 valence electrons. The zero-order valence-corrected chi connectivity index (χ0v) is 18.0. The van der Waals surface area contributed by atoms with Crippen molar-refractivity contribution in [3.63, 3.8) is 0 Å². The van der Waals surface area contributed by atoms with Crippen LogP contribution in [0.25, 0.3) is 16.6 Å². The van der Waals surface area contributed by atoms with E-state index in [2.05, 4.69) is 11.6 Å². The van der Waals surface area contributed by atoms with Crippen molar-refractivity contribution in [2.75, 3.05) is 6.16 Å². The van der Waals surface area contributed by atoms with Crippen molar-refractivity contribution in [2.24, 2.45) is 0 Å². The lowest BCUT2D eigenvalue weighted by atomic mass is 9.98. The molecule has 6 nitrogen and oxygen atoms in total. The molecule has 0 radical (unpaired) electrons. The van der Waals surface area contributed by atoms with Gasteiger partial charge in [0.1, 0.15) is 5.82 Å². The number of carboxylic acids is 1. The number of aromatic nitrogens is 1. The molecule has 2 atom stereocenters. The summed E-state index contributed by atoms with van der Waals surface area (Å²) in [5.41, 5.74) is 5.98. The highest BCUT2D eigenvalue weighted by atomic mass is 31.2. The fourth-order valence-electron chi connectivity index (χ4n) is 3.58. The van der Waals surface area contributed by atoms with Gasteiger partial charge in [0.15, 0.2) is 0 Å². The Morgan fingerprint density at radius 2 is 1.87 bits per heavy atom. The Bertz CT molecular complexity index is 1220. The predicted octanol–water partition coefficient (Wildman–Crippen LogP) is 4.28. The standard InChI is InChI=1S/C23H23FNO5P/c1-15(2)23-19(10-12-31(29,30)14-18(26)13-21(27)28)22(16-6-8-17(24)9-7-16)20-5-3-4-11-25(20)23/h3-9,11,15,18,26H,13-14H2,1-2H3,(H,27,28)(H,29,30). The summed E-state index contributed by atoms with van der Waals surface area (Å²) in [7, 11) is -4.13. The molecule has 1 aromatic carbocycles. The van der Waals surface area contributed by atoms with Crippen molar-refractivity contribution < 1.29 is 28.9 Å². The molecule has 2 heterocycles. The molecule has 0 spiro atoms. The lowest BCUT2D eigenvalue weighted by molar-refractivity contribution is -0.138. The fraction of sp³-hybridized carbons (Fsp3) is 0.261. The SMILES string of the molecule is CC(C)c1c(C#CP(=O)(O)CC(O)CC(=O)O)c(-c2ccc(F)cc2)c2ccccn12. The lowest BCUT2D eigenvalue weighted by Gasteiger charge is -2.10. The predicted molar refractivity (Wildman–Crippen MR) is 117 cm³/mol. The van der Waals surface area contributed by atoms with Crippen molar-refractivity contribution in [1.82, 2.24) is 4.40 Å². The maximum absolute atomic E-state index is 13.5. The average Bonchev–Trinajstić information content (AvgIpc) is 3.00. The van der Waals surface area contributed by atoms with Gasteiger partial charge in [-0.1, -0.05) is 38.0 Å². The van der Waals surface area contributed by atoms with Crippen molar-refractivity contribution in [3.8, 4) is 22.7 Å². The summed E-state index contributed by atoms with van der Waals surface area (Å²) >= 11 is 0. The first kappa shape index (κ1) is 22.8. The monoisotopic (exact) mass is 443 g/mol. The topological polar surface area (TPSA) is 99.2 Å². The first-order chi connectivity index (χ1) is 14.6. The third-order valence-electron chi connectivity index (χ3n) is 4.79. The van der Waals surface area contributed by atoms with Crippen molar-refractivity contribution in [1.29, 1.82) is 0 Å². The summed E-state index contributed by atoms with van der Waals surface area (Å²) in [5.74, 6) is 1.20. The number of pyridine rings is 1. The summed E-state index contributed by atoms with van der Waals surface area (Å²) in [4.78, 5) is 21.0. The third kappa shape index (κ3) is 5.23. The van der Waals surface area contributed by atoms with E-state index in [0.29, 0.717) is 16.7 Å². The van der Waals surface area contributed by atoms with Gasteiger partial charge < -0.3 is 19.5 Å². The van der Waals surface area contributed by atoms with Gasteiger partial charge in [0.25, 0.3) is 7.37 Å². The van der Waals surface area contributed by atoms with Crippen LogP contribution in [0.5, 0.6) is 0 Å². The van der Waals surface area contributed by atoms with Crippen LogP contribution >= 0.6 is 7.37 Å². The first-order valence-corrected chi connectivity index (χ1v) is 11.6. The molecular weight excluding hydrogens is 420 g/mol. The molecule has 3 N–H and O–H groups in total. The van der Waals surface area contributed by atoms with E-state index < -0.39 is 32.0 Å². The van der Waals surface area contributed by atoms with Crippen LogP contribution in [0, 0.1) is 17.4 Å². The number of hydrogen-bond acceptors (Lipinski definition) is 3. The molecule has 0 saturated heterocycles. The molecule has 0 saturated carbocycles. The van der Waals surface area contributed by atoms with Crippen LogP contribution in [0.1, 0.15) is 37.4 Å². The number of halogens is 1.